The molecule has 0 amide bonds. The second-order valence-electron chi connectivity index (χ2n) is 6.73. The Hall–Kier alpha value is -1.70. The molecule has 1 nitrogen and oxygen atoms in total. The molecule has 0 saturated carbocycles. The van der Waals surface area contributed by atoms with E-state index >= 15 is 0 Å². The van der Waals surface area contributed by atoms with E-state index in [1.807, 2.05) is 13.0 Å². The van der Waals surface area contributed by atoms with Crippen LogP contribution >= 0.6 is 0 Å². The van der Waals surface area contributed by atoms with Crippen molar-refractivity contribution in [3.8, 4) is 0 Å². The fourth-order valence-electron chi connectivity index (χ4n) is 2.91. The fraction of sp³-hybridized carbons (Fsp3) is 0.450. The summed E-state index contributed by atoms with van der Waals surface area (Å²) in [6.07, 6.45) is 12.5. The molecule has 0 aromatic heterocycles. The van der Waals surface area contributed by atoms with Crippen LogP contribution in [0.15, 0.2) is 58.5 Å². The largest absolute Gasteiger partial charge is 0.299 e. The molecular formula is C20H27FO. The van der Waals surface area contributed by atoms with Crippen LogP contribution in [-0.2, 0) is 4.79 Å². The van der Waals surface area contributed by atoms with Crippen LogP contribution in [0, 0.1) is 5.41 Å². The van der Waals surface area contributed by atoms with Crippen LogP contribution in [0.5, 0.6) is 0 Å². The maximum atomic E-state index is 13.8. The summed E-state index contributed by atoms with van der Waals surface area (Å²) in [5.41, 5.74) is 4.45. The first kappa shape index (κ1) is 18.3. The van der Waals surface area contributed by atoms with E-state index < -0.39 is 0 Å². The molecule has 1 aliphatic carbocycles. The van der Waals surface area contributed by atoms with Crippen LogP contribution in [-0.4, -0.2) is 6.29 Å². The summed E-state index contributed by atoms with van der Waals surface area (Å²) in [4.78, 5) is 10.3. The molecule has 0 N–H and O–H groups in total. The highest BCUT2D eigenvalue weighted by molar-refractivity contribution is 5.67. The summed E-state index contributed by atoms with van der Waals surface area (Å²) >= 11 is 0. The number of carbonyl (C=O) groups excluding carboxylic acids is 1. The van der Waals surface area contributed by atoms with Crippen molar-refractivity contribution in [3.63, 3.8) is 0 Å². The molecule has 0 spiro atoms. The van der Waals surface area contributed by atoms with Gasteiger partial charge >= 0.3 is 0 Å². The molecule has 2 heteroatoms. The van der Waals surface area contributed by atoms with Gasteiger partial charge < -0.3 is 0 Å². The van der Waals surface area contributed by atoms with Crippen molar-refractivity contribution in [2.45, 2.75) is 53.9 Å². The van der Waals surface area contributed by atoms with Crippen molar-refractivity contribution in [2.75, 3.05) is 0 Å². The van der Waals surface area contributed by atoms with Crippen molar-refractivity contribution < 1.29 is 9.18 Å². The molecule has 0 fully saturated rings. The zero-order chi connectivity index (χ0) is 16.8. The van der Waals surface area contributed by atoms with Gasteiger partial charge in [-0.1, -0.05) is 31.6 Å². The van der Waals surface area contributed by atoms with Gasteiger partial charge in [-0.3, -0.25) is 4.79 Å². The third-order valence-electron chi connectivity index (χ3n) is 4.12. The number of hydrogen-bond donors (Lipinski definition) is 0. The summed E-state index contributed by atoms with van der Waals surface area (Å²) in [6.45, 7) is 10.3. The molecule has 0 bridgehead atoms. The SMILES string of the molecule is CC1=C(/C=C/C(C)=C/C(F)=C\C(C)=C\C=O)C(C)(C)CCC1. The predicted octanol–water partition coefficient (Wildman–Crippen LogP) is 6.01. The van der Waals surface area contributed by atoms with Gasteiger partial charge in [0.25, 0.3) is 0 Å². The molecule has 0 radical (unpaired) electrons. The third-order valence-corrected chi connectivity index (χ3v) is 4.12. The molecule has 22 heavy (non-hydrogen) atoms. The lowest BCUT2D eigenvalue weighted by Crippen LogP contribution is -2.19. The van der Waals surface area contributed by atoms with E-state index in [4.69, 9.17) is 0 Å². The molecule has 0 aromatic carbocycles. The highest BCUT2D eigenvalue weighted by atomic mass is 19.1. The van der Waals surface area contributed by atoms with Crippen LogP contribution < -0.4 is 0 Å². The van der Waals surface area contributed by atoms with Crippen molar-refractivity contribution in [1.29, 1.82) is 0 Å². The van der Waals surface area contributed by atoms with E-state index in [1.54, 1.807) is 6.92 Å². The van der Waals surface area contributed by atoms with Gasteiger partial charge in [0.1, 0.15) is 12.1 Å². The molecule has 1 rings (SSSR count). The molecule has 0 aromatic rings. The smallest absolute Gasteiger partial charge is 0.143 e. The van der Waals surface area contributed by atoms with Crippen LogP contribution in [0.25, 0.3) is 0 Å². The Morgan fingerprint density at radius 2 is 1.86 bits per heavy atom. The molecular weight excluding hydrogens is 275 g/mol. The topological polar surface area (TPSA) is 17.1 Å². The van der Waals surface area contributed by atoms with E-state index in [0.717, 1.165) is 12.0 Å². The van der Waals surface area contributed by atoms with Gasteiger partial charge in [-0.2, -0.15) is 0 Å². The van der Waals surface area contributed by atoms with Gasteiger partial charge in [-0.05, 0) is 80.4 Å². The zero-order valence-electron chi connectivity index (χ0n) is 14.4. The molecule has 0 unspecified atom stereocenters. The summed E-state index contributed by atoms with van der Waals surface area (Å²) in [7, 11) is 0. The fourth-order valence-corrected chi connectivity index (χ4v) is 2.91. The van der Waals surface area contributed by atoms with E-state index in [0.29, 0.717) is 11.9 Å². The molecule has 0 saturated heterocycles. The van der Waals surface area contributed by atoms with E-state index in [2.05, 4.69) is 26.8 Å². The number of carbonyl (C=O) groups is 1. The molecule has 1 aliphatic rings. The Kier molecular flexibility index (Phi) is 6.73. The Morgan fingerprint density at radius 3 is 2.45 bits per heavy atom. The average Bonchev–Trinajstić information content (AvgIpc) is 2.37. The number of allylic oxidation sites excluding steroid dienone is 10. The van der Waals surface area contributed by atoms with Gasteiger partial charge in [0.05, 0.1) is 0 Å². The predicted molar refractivity (Wildman–Crippen MR) is 92.2 cm³/mol. The van der Waals surface area contributed by atoms with Crippen molar-refractivity contribution in [2.24, 2.45) is 5.41 Å². The second kappa shape index (κ2) is 8.07. The van der Waals surface area contributed by atoms with Crippen LogP contribution in [0.1, 0.15) is 53.9 Å². The first-order valence-corrected chi connectivity index (χ1v) is 7.82. The third kappa shape index (κ3) is 5.59. The minimum Gasteiger partial charge on any atom is -0.299 e. The number of halogens is 1. The Labute approximate surface area is 134 Å². The maximum absolute atomic E-state index is 13.8. The van der Waals surface area contributed by atoms with Crippen molar-refractivity contribution in [1.82, 2.24) is 0 Å². The van der Waals surface area contributed by atoms with Crippen LogP contribution in [0.4, 0.5) is 4.39 Å². The summed E-state index contributed by atoms with van der Waals surface area (Å²) in [5, 5.41) is 0. The lowest BCUT2D eigenvalue weighted by molar-refractivity contribution is -0.104. The van der Waals surface area contributed by atoms with Gasteiger partial charge in [-0.15, -0.1) is 0 Å². The number of aldehydes is 1. The van der Waals surface area contributed by atoms with E-state index in [1.165, 1.54) is 42.2 Å². The summed E-state index contributed by atoms with van der Waals surface area (Å²) in [6, 6.07) is 0. The Balaban J connectivity index is 2.91. The average molecular weight is 302 g/mol. The Bertz CT molecular complexity index is 569. The van der Waals surface area contributed by atoms with Crippen molar-refractivity contribution in [3.05, 3.63) is 58.5 Å². The number of rotatable bonds is 5. The quantitative estimate of drug-likeness (QED) is 0.345. The zero-order valence-corrected chi connectivity index (χ0v) is 14.4. The molecule has 0 heterocycles. The minimum absolute atomic E-state index is 0.191. The first-order chi connectivity index (χ1) is 10.3. The normalized spacial score (nSPS) is 20.7. The molecule has 120 valence electrons. The maximum Gasteiger partial charge on any atom is 0.143 e. The van der Waals surface area contributed by atoms with Gasteiger partial charge in [-0.25, -0.2) is 4.39 Å². The van der Waals surface area contributed by atoms with Gasteiger partial charge in [0.15, 0.2) is 0 Å². The van der Waals surface area contributed by atoms with Crippen molar-refractivity contribution >= 4 is 6.29 Å². The highest BCUT2D eigenvalue weighted by Crippen LogP contribution is 2.40. The Morgan fingerprint density at radius 1 is 1.18 bits per heavy atom. The lowest BCUT2D eigenvalue weighted by atomic mass is 9.72. The monoisotopic (exact) mass is 302 g/mol. The number of hydrogen-bond acceptors (Lipinski definition) is 1. The second-order valence-corrected chi connectivity index (χ2v) is 6.73. The lowest BCUT2D eigenvalue weighted by Gasteiger charge is -2.32. The van der Waals surface area contributed by atoms with Gasteiger partial charge in [0, 0.05) is 0 Å². The molecule has 0 atom stereocenters. The first-order valence-electron chi connectivity index (χ1n) is 7.82. The van der Waals surface area contributed by atoms with Crippen LogP contribution in [0.2, 0.25) is 0 Å². The minimum atomic E-state index is -0.341. The summed E-state index contributed by atoms with van der Waals surface area (Å²) < 4.78 is 13.8. The van der Waals surface area contributed by atoms with E-state index in [9.17, 15) is 9.18 Å². The molecule has 0 aliphatic heterocycles. The van der Waals surface area contributed by atoms with Crippen LogP contribution in [0.3, 0.4) is 0 Å². The van der Waals surface area contributed by atoms with E-state index in [-0.39, 0.29) is 11.2 Å². The standard InChI is InChI=1S/C20H27FO/c1-15(13-18(21)14-16(2)10-12-22)8-9-19-17(3)7-6-11-20(19,4)5/h8-10,12-14H,6-7,11H2,1-5H3/b9-8+,15-13+,16-10+,18-14+. The summed E-state index contributed by atoms with van der Waals surface area (Å²) in [5.74, 6) is -0.341. The highest BCUT2D eigenvalue weighted by Gasteiger charge is 2.26. The van der Waals surface area contributed by atoms with Gasteiger partial charge in [0.2, 0.25) is 0 Å².